The second-order valence-electron chi connectivity index (χ2n) is 8.68. The van der Waals surface area contributed by atoms with Crippen molar-refractivity contribution in [2.24, 2.45) is 0 Å². The van der Waals surface area contributed by atoms with Crippen LogP contribution >= 0.6 is 0 Å². The molecule has 2 N–H and O–H groups in total. The Bertz CT molecular complexity index is 765. The molecule has 29 heavy (non-hydrogen) atoms. The first-order valence-electron chi connectivity index (χ1n) is 10.3. The van der Waals surface area contributed by atoms with E-state index in [2.05, 4.69) is 46.4 Å². The number of piperazine rings is 1. The predicted octanol–water partition coefficient (Wildman–Crippen LogP) is 0.705. The zero-order valence-electron chi connectivity index (χ0n) is 17.3. The molecule has 0 radical (unpaired) electrons. The molecule has 3 saturated heterocycles. The summed E-state index contributed by atoms with van der Waals surface area (Å²) in [6, 6.07) is 10.5. The fourth-order valence-corrected chi connectivity index (χ4v) is 5.44. The van der Waals surface area contributed by atoms with Crippen molar-refractivity contribution in [3.05, 3.63) is 35.9 Å². The SMILES string of the molecule is CNCC12CN(C(=O)O)CC(=O)N1CC1(CCN(Cc3ccccc3)CC1)N2C. The van der Waals surface area contributed by atoms with E-state index in [1.807, 2.05) is 18.0 Å². The lowest BCUT2D eigenvalue weighted by Gasteiger charge is -2.51. The van der Waals surface area contributed by atoms with E-state index in [0.29, 0.717) is 19.6 Å². The van der Waals surface area contributed by atoms with Crippen LogP contribution in [0.2, 0.25) is 0 Å². The number of amides is 2. The molecule has 1 unspecified atom stereocenters. The van der Waals surface area contributed by atoms with Gasteiger partial charge in [0.1, 0.15) is 12.2 Å². The van der Waals surface area contributed by atoms with Crippen molar-refractivity contribution in [3.63, 3.8) is 0 Å². The smallest absolute Gasteiger partial charge is 0.407 e. The van der Waals surface area contributed by atoms with Crippen molar-refractivity contribution < 1.29 is 14.7 Å². The van der Waals surface area contributed by atoms with Crippen molar-refractivity contribution in [3.8, 4) is 0 Å². The number of hydrogen-bond donors (Lipinski definition) is 2. The molecule has 3 aliphatic heterocycles. The van der Waals surface area contributed by atoms with E-state index in [0.717, 1.165) is 32.5 Å². The van der Waals surface area contributed by atoms with E-state index in [1.165, 1.54) is 10.5 Å². The average Bonchev–Trinajstić information content (AvgIpc) is 2.94. The van der Waals surface area contributed by atoms with Crippen LogP contribution < -0.4 is 5.32 Å². The summed E-state index contributed by atoms with van der Waals surface area (Å²) >= 11 is 0. The number of likely N-dealkylation sites (N-methyl/N-ethyl adjacent to an activating group) is 2. The number of nitrogens with zero attached hydrogens (tertiary/aromatic N) is 4. The lowest BCUT2D eigenvalue weighted by Crippen LogP contribution is -2.71. The molecule has 0 aliphatic carbocycles. The number of hydrogen-bond acceptors (Lipinski definition) is 5. The molecule has 1 aromatic carbocycles. The summed E-state index contributed by atoms with van der Waals surface area (Å²) in [5.74, 6) is -0.0932. The Balaban J connectivity index is 1.52. The highest BCUT2D eigenvalue weighted by Gasteiger charge is 2.61. The number of carbonyl (C=O) groups is 2. The van der Waals surface area contributed by atoms with Crippen molar-refractivity contribution in [2.75, 3.05) is 53.4 Å². The maximum absolute atomic E-state index is 12.9. The van der Waals surface area contributed by atoms with Gasteiger partial charge in [0, 0.05) is 38.3 Å². The van der Waals surface area contributed by atoms with E-state index in [1.54, 1.807) is 0 Å². The second kappa shape index (κ2) is 7.59. The van der Waals surface area contributed by atoms with E-state index in [9.17, 15) is 14.7 Å². The molecular formula is C21H31N5O3. The number of carbonyl (C=O) groups excluding carboxylic acids is 1. The third kappa shape index (κ3) is 3.39. The normalized spacial score (nSPS) is 27.4. The van der Waals surface area contributed by atoms with Gasteiger partial charge in [-0.2, -0.15) is 0 Å². The zero-order chi connectivity index (χ0) is 20.6. The molecule has 3 fully saturated rings. The maximum Gasteiger partial charge on any atom is 0.407 e. The van der Waals surface area contributed by atoms with Gasteiger partial charge in [0.15, 0.2) is 0 Å². The van der Waals surface area contributed by atoms with E-state index < -0.39 is 11.8 Å². The summed E-state index contributed by atoms with van der Waals surface area (Å²) < 4.78 is 0. The Kier molecular flexibility index (Phi) is 5.27. The first-order valence-corrected chi connectivity index (χ1v) is 10.3. The fourth-order valence-electron chi connectivity index (χ4n) is 5.44. The maximum atomic E-state index is 12.9. The third-order valence-electron chi connectivity index (χ3n) is 7.13. The van der Waals surface area contributed by atoms with Crippen molar-refractivity contribution in [1.29, 1.82) is 0 Å². The summed E-state index contributed by atoms with van der Waals surface area (Å²) in [5.41, 5.74) is 0.595. The minimum atomic E-state index is -1.03. The van der Waals surface area contributed by atoms with Gasteiger partial charge in [-0.3, -0.25) is 19.5 Å². The van der Waals surface area contributed by atoms with Gasteiger partial charge < -0.3 is 15.3 Å². The molecule has 0 aromatic heterocycles. The van der Waals surface area contributed by atoms with Gasteiger partial charge in [0.25, 0.3) is 0 Å². The molecular weight excluding hydrogens is 370 g/mol. The van der Waals surface area contributed by atoms with Crippen LogP contribution in [-0.4, -0.2) is 101 Å². The van der Waals surface area contributed by atoms with Crippen molar-refractivity contribution in [1.82, 2.24) is 24.9 Å². The van der Waals surface area contributed by atoms with Gasteiger partial charge in [-0.15, -0.1) is 0 Å². The van der Waals surface area contributed by atoms with Crippen LogP contribution in [0.5, 0.6) is 0 Å². The van der Waals surface area contributed by atoms with Crippen LogP contribution in [0.3, 0.4) is 0 Å². The van der Waals surface area contributed by atoms with Crippen LogP contribution in [-0.2, 0) is 11.3 Å². The highest BCUT2D eigenvalue weighted by molar-refractivity contribution is 5.84. The van der Waals surface area contributed by atoms with Crippen molar-refractivity contribution >= 4 is 12.0 Å². The molecule has 3 heterocycles. The van der Waals surface area contributed by atoms with Gasteiger partial charge in [0.2, 0.25) is 5.91 Å². The van der Waals surface area contributed by atoms with Crippen LogP contribution in [0.1, 0.15) is 18.4 Å². The minimum absolute atomic E-state index is 0.0507. The molecule has 8 heteroatoms. The van der Waals surface area contributed by atoms with Crippen LogP contribution in [0.4, 0.5) is 4.79 Å². The molecule has 2 amide bonds. The van der Waals surface area contributed by atoms with Gasteiger partial charge in [-0.05, 0) is 32.5 Å². The highest BCUT2D eigenvalue weighted by Crippen LogP contribution is 2.44. The molecule has 1 spiro atoms. The van der Waals surface area contributed by atoms with Gasteiger partial charge >= 0.3 is 6.09 Å². The number of benzene rings is 1. The molecule has 0 bridgehead atoms. The monoisotopic (exact) mass is 401 g/mol. The number of fused-ring (bicyclic) bond motifs is 1. The lowest BCUT2D eigenvalue weighted by atomic mass is 9.86. The minimum Gasteiger partial charge on any atom is -0.465 e. The molecule has 3 aliphatic rings. The number of piperidine rings is 1. The quantitative estimate of drug-likeness (QED) is 0.774. The second-order valence-corrected chi connectivity index (χ2v) is 8.68. The van der Waals surface area contributed by atoms with Gasteiger partial charge in [-0.25, -0.2) is 4.79 Å². The highest BCUT2D eigenvalue weighted by atomic mass is 16.4. The van der Waals surface area contributed by atoms with Gasteiger partial charge in [0.05, 0.1) is 6.54 Å². The largest absolute Gasteiger partial charge is 0.465 e. The lowest BCUT2D eigenvalue weighted by molar-refractivity contribution is -0.148. The Morgan fingerprint density at radius 2 is 1.86 bits per heavy atom. The van der Waals surface area contributed by atoms with E-state index in [4.69, 9.17) is 0 Å². The predicted molar refractivity (Wildman–Crippen MR) is 109 cm³/mol. The molecule has 158 valence electrons. The van der Waals surface area contributed by atoms with E-state index >= 15 is 0 Å². The summed E-state index contributed by atoms with van der Waals surface area (Å²) in [6.45, 7) is 4.38. The molecule has 0 saturated carbocycles. The first kappa shape index (κ1) is 20.1. The van der Waals surface area contributed by atoms with E-state index in [-0.39, 0.29) is 18.0 Å². The topological polar surface area (TPSA) is 79.4 Å². The Labute approximate surface area is 172 Å². The molecule has 1 atom stereocenters. The number of nitrogens with one attached hydrogen (secondary N) is 1. The third-order valence-corrected chi connectivity index (χ3v) is 7.13. The number of carboxylic acid groups (broad SMARTS) is 1. The molecule has 8 nitrogen and oxygen atoms in total. The zero-order valence-corrected chi connectivity index (χ0v) is 17.3. The fraction of sp³-hybridized carbons (Fsp3) is 0.619. The summed E-state index contributed by atoms with van der Waals surface area (Å²) in [7, 11) is 3.93. The van der Waals surface area contributed by atoms with Crippen LogP contribution in [0, 0.1) is 0 Å². The Morgan fingerprint density at radius 3 is 2.48 bits per heavy atom. The summed E-state index contributed by atoms with van der Waals surface area (Å²) in [6.07, 6.45) is 0.914. The summed E-state index contributed by atoms with van der Waals surface area (Å²) in [5, 5.41) is 12.7. The molecule has 4 rings (SSSR count). The summed E-state index contributed by atoms with van der Waals surface area (Å²) in [4.78, 5) is 32.5. The molecule has 1 aromatic rings. The first-order chi connectivity index (χ1) is 13.9. The van der Waals surface area contributed by atoms with Crippen LogP contribution in [0.15, 0.2) is 30.3 Å². The Morgan fingerprint density at radius 1 is 1.17 bits per heavy atom. The van der Waals surface area contributed by atoms with Crippen LogP contribution in [0.25, 0.3) is 0 Å². The van der Waals surface area contributed by atoms with Crippen molar-refractivity contribution in [2.45, 2.75) is 30.6 Å². The average molecular weight is 402 g/mol. The Hall–Kier alpha value is -2.16. The number of rotatable bonds is 4. The standard InChI is InChI=1S/C21H31N5O3/c1-22-14-21-16-25(19(28)29)13-18(27)26(21)15-20(23(21)2)8-10-24(11-9-20)12-17-6-4-3-5-7-17/h3-7,22H,8-16H2,1-2H3,(H,28,29). The van der Waals surface area contributed by atoms with Gasteiger partial charge in [-0.1, -0.05) is 30.3 Å². The number of likely N-dealkylation sites (tertiary alicyclic amines) is 1.